The van der Waals surface area contributed by atoms with Crippen LogP contribution < -0.4 is 10.2 Å². The largest absolute Gasteiger partial charge is 0.465 e. The van der Waals surface area contributed by atoms with Crippen molar-refractivity contribution in [2.75, 3.05) is 18.0 Å². The number of rotatable bonds is 4. The molecule has 0 unspecified atom stereocenters. The van der Waals surface area contributed by atoms with Crippen LogP contribution in [0.4, 0.5) is 5.82 Å². The van der Waals surface area contributed by atoms with Gasteiger partial charge in [0.15, 0.2) is 11.4 Å². The van der Waals surface area contributed by atoms with E-state index in [9.17, 15) is 4.79 Å². The summed E-state index contributed by atoms with van der Waals surface area (Å²) in [6.45, 7) is 3.96. The first-order chi connectivity index (χ1) is 14.7. The number of benzene rings is 1. The van der Waals surface area contributed by atoms with E-state index in [4.69, 9.17) is 8.83 Å². The summed E-state index contributed by atoms with van der Waals surface area (Å²) in [5.74, 6) is 2.04. The monoisotopic (exact) mass is 404 g/mol. The van der Waals surface area contributed by atoms with E-state index in [2.05, 4.69) is 20.2 Å². The molecule has 1 aromatic carbocycles. The second kappa shape index (κ2) is 7.82. The summed E-state index contributed by atoms with van der Waals surface area (Å²) in [7, 11) is 0. The maximum atomic E-state index is 12.9. The van der Waals surface area contributed by atoms with Gasteiger partial charge in [0.05, 0.1) is 6.54 Å². The Bertz CT molecular complexity index is 1200. The third-order valence-corrected chi connectivity index (χ3v) is 5.53. The third kappa shape index (κ3) is 3.51. The Balaban J connectivity index is 1.55. The van der Waals surface area contributed by atoms with E-state index < -0.39 is 0 Å². The highest BCUT2D eigenvalue weighted by molar-refractivity contribution is 6.07. The van der Waals surface area contributed by atoms with Crippen LogP contribution in [-0.4, -0.2) is 29.0 Å². The van der Waals surface area contributed by atoms with Gasteiger partial charge in [0.25, 0.3) is 5.91 Å². The van der Waals surface area contributed by atoms with E-state index in [1.54, 1.807) is 0 Å². The molecule has 1 aliphatic heterocycles. The molecule has 1 saturated heterocycles. The van der Waals surface area contributed by atoms with Crippen molar-refractivity contribution in [2.45, 2.75) is 39.2 Å². The number of nitrogens with one attached hydrogen (secondary N) is 1. The van der Waals surface area contributed by atoms with Crippen molar-refractivity contribution < 1.29 is 13.6 Å². The average Bonchev–Trinajstić information content (AvgIpc) is 3.24. The van der Waals surface area contributed by atoms with Crippen LogP contribution in [0.3, 0.4) is 0 Å². The molecule has 30 heavy (non-hydrogen) atoms. The van der Waals surface area contributed by atoms with E-state index in [1.165, 1.54) is 12.8 Å². The zero-order chi connectivity index (χ0) is 20.5. The van der Waals surface area contributed by atoms with Crippen LogP contribution in [0.1, 0.15) is 47.8 Å². The molecule has 0 atom stereocenters. The smallest absolute Gasteiger partial charge is 0.289 e. The molecule has 1 aliphatic rings. The average molecular weight is 404 g/mol. The molecule has 4 aromatic rings. The summed E-state index contributed by atoms with van der Waals surface area (Å²) < 4.78 is 11.7. The normalized spacial score (nSPS) is 14.9. The Morgan fingerprint density at radius 3 is 2.60 bits per heavy atom. The predicted octanol–water partition coefficient (Wildman–Crippen LogP) is 4.59. The number of hydrogen-bond donors (Lipinski definition) is 1. The molecule has 1 N–H and O–H groups in total. The van der Waals surface area contributed by atoms with Crippen molar-refractivity contribution in [2.24, 2.45) is 0 Å². The van der Waals surface area contributed by atoms with Gasteiger partial charge in [-0.15, -0.1) is 0 Å². The van der Waals surface area contributed by atoms with Crippen LogP contribution in [0, 0.1) is 6.92 Å². The van der Waals surface area contributed by atoms with Crippen molar-refractivity contribution >= 4 is 33.8 Å². The maximum absolute atomic E-state index is 12.9. The fraction of sp³-hybridized carbons (Fsp3) is 0.348. The summed E-state index contributed by atoms with van der Waals surface area (Å²) >= 11 is 0. The number of hydrogen-bond acceptors (Lipinski definition) is 6. The Kier molecular flexibility index (Phi) is 4.86. The Labute approximate surface area is 174 Å². The minimum Gasteiger partial charge on any atom is -0.465 e. The van der Waals surface area contributed by atoms with Gasteiger partial charge in [-0.25, -0.2) is 9.97 Å². The van der Waals surface area contributed by atoms with Crippen LogP contribution in [0.25, 0.3) is 22.1 Å². The summed E-state index contributed by atoms with van der Waals surface area (Å²) in [4.78, 5) is 24.4. The van der Waals surface area contributed by atoms with E-state index in [-0.39, 0.29) is 11.7 Å². The number of furan rings is 2. The van der Waals surface area contributed by atoms with Gasteiger partial charge in [0.1, 0.15) is 22.6 Å². The standard InChI is InChI=1S/C23H24N4O3/c1-15-10-11-16(29-15)14-24-23(28)21-25-19-17-8-4-5-9-18(17)30-20(19)22(26-21)27-12-6-2-3-7-13-27/h4-5,8-11H,2-3,6-7,12-14H2,1H3,(H,24,28). The molecule has 0 spiro atoms. The summed E-state index contributed by atoms with van der Waals surface area (Å²) in [5.41, 5.74) is 2.08. The fourth-order valence-corrected chi connectivity index (χ4v) is 4.00. The second-order valence-corrected chi connectivity index (χ2v) is 7.74. The molecular weight excluding hydrogens is 380 g/mol. The molecule has 4 heterocycles. The zero-order valence-electron chi connectivity index (χ0n) is 17.0. The van der Waals surface area contributed by atoms with Crippen molar-refractivity contribution in [3.05, 3.63) is 53.7 Å². The SMILES string of the molecule is Cc1ccc(CNC(=O)c2nc(N3CCCCCC3)c3oc4ccccc4c3n2)o1. The lowest BCUT2D eigenvalue weighted by molar-refractivity contribution is 0.0938. The van der Waals surface area contributed by atoms with Crippen LogP contribution in [0.2, 0.25) is 0 Å². The summed E-state index contributed by atoms with van der Waals surface area (Å²) in [6.07, 6.45) is 4.62. The van der Waals surface area contributed by atoms with Gasteiger partial charge in [-0.3, -0.25) is 4.79 Å². The lowest BCUT2D eigenvalue weighted by atomic mass is 10.2. The van der Waals surface area contributed by atoms with Crippen molar-refractivity contribution in [3.8, 4) is 0 Å². The van der Waals surface area contributed by atoms with Crippen LogP contribution >= 0.6 is 0 Å². The maximum Gasteiger partial charge on any atom is 0.289 e. The molecule has 7 heteroatoms. The zero-order valence-corrected chi connectivity index (χ0v) is 17.0. The van der Waals surface area contributed by atoms with Crippen LogP contribution in [0.15, 0.2) is 45.2 Å². The topological polar surface area (TPSA) is 84.4 Å². The molecule has 0 bridgehead atoms. The van der Waals surface area contributed by atoms with E-state index in [0.717, 1.165) is 42.7 Å². The number of anilines is 1. The summed E-state index contributed by atoms with van der Waals surface area (Å²) in [6, 6.07) is 11.5. The lowest BCUT2D eigenvalue weighted by Crippen LogP contribution is -2.28. The Hall–Kier alpha value is -3.35. The quantitative estimate of drug-likeness (QED) is 0.536. The number of fused-ring (bicyclic) bond motifs is 3. The highest BCUT2D eigenvalue weighted by Gasteiger charge is 2.23. The Morgan fingerprint density at radius 1 is 1.03 bits per heavy atom. The molecular formula is C23H24N4O3. The van der Waals surface area contributed by atoms with Gasteiger partial charge in [0.2, 0.25) is 5.82 Å². The number of nitrogens with zero attached hydrogens (tertiary/aromatic N) is 3. The van der Waals surface area contributed by atoms with Gasteiger partial charge in [0, 0.05) is 18.5 Å². The fourth-order valence-electron chi connectivity index (χ4n) is 4.00. The van der Waals surface area contributed by atoms with Gasteiger partial charge in [-0.2, -0.15) is 0 Å². The van der Waals surface area contributed by atoms with Crippen LogP contribution in [0.5, 0.6) is 0 Å². The van der Waals surface area contributed by atoms with Gasteiger partial charge in [-0.05, 0) is 44.0 Å². The molecule has 7 nitrogen and oxygen atoms in total. The van der Waals surface area contributed by atoms with E-state index >= 15 is 0 Å². The molecule has 154 valence electrons. The van der Waals surface area contributed by atoms with Crippen LogP contribution in [-0.2, 0) is 6.54 Å². The number of amides is 1. The molecule has 1 amide bonds. The van der Waals surface area contributed by atoms with Gasteiger partial charge in [-0.1, -0.05) is 25.0 Å². The first-order valence-electron chi connectivity index (χ1n) is 10.5. The lowest BCUT2D eigenvalue weighted by Gasteiger charge is -2.21. The minimum absolute atomic E-state index is 0.150. The first kappa shape index (κ1) is 18.7. The molecule has 3 aromatic heterocycles. The molecule has 0 radical (unpaired) electrons. The van der Waals surface area contributed by atoms with Crippen molar-refractivity contribution in [3.63, 3.8) is 0 Å². The van der Waals surface area contributed by atoms with Crippen molar-refractivity contribution in [1.82, 2.24) is 15.3 Å². The Morgan fingerprint density at radius 2 is 1.83 bits per heavy atom. The molecule has 1 fully saturated rings. The van der Waals surface area contributed by atoms with E-state index in [0.29, 0.717) is 29.2 Å². The highest BCUT2D eigenvalue weighted by Crippen LogP contribution is 2.33. The second-order valence-electron chi connectivity index (χ2n) is 7.74. The first-order valence-corrected chi connectivity index (χ1v) is 10.5. The summed E-state index contributed by atoms with van der Waals surface area (Å²) in [5, 5.41) is 3.76. The van der Waals surface area contributed by atoms with Crippen molar-refractivity contribution in [1.29, 1.82) is 0 Å². The number of aryl methyl sites for hydroxylation is 1. The number of carbonyl (C=O) groups excluding carboxylic acids is 1. The van der Waals surface area contributed by atoms with E-state index in [1.807, 2.05) is 43.3 Å². The number of aromatic nitrogens is 2. The number of carbonyl (C=O) groups is 1. The van der Waals surface area contributed by atoms with Gasteiger partial charge >= 0.3 is 0 Å². The van der Waals surface area contributed by atoms with Gasteiger partial charge < -0.3 is 19.1 Å². The third-order valence-electron chi connectivity index (χ3n) is 5.53. The molecule has 5 rings (SSSR count). The predicted molar refractivity (Wildman–Crippen MR) is 115 cm³/mol. The number of para-hydroxylation sites is 1. The molecule has 0 saturated carbocycles. The minimum atomic E-state index is -0.327. The molecule has 0 aliphatic carbocycles. The highest BCUT2D eigenvalue weighted by atomic mass is 16.3.